The summed E-state index contributed by atoms with van der Waals surface area (Å²) in [5.41, 5.74) is 2.10. The van der Waals surface area contributed by atoms with E-state index in [1.165, 1.54) is 30.5 Å². The second-order valence-corrected chi connectivity index (χ2v) is 7.24. The first-order valence-corrected chi connectivity index (χ1v) is 9.83. The van der Waals surface area contributed by atoms with Gasteiger partial charge in [-0.3, -0.25) is 15.1 Å². The lowest BCUT2D eigenvalue weighted by molar-refractivity contribution is 0.0711. The molecule has 2 aromatic carbocycles. The Morgan fingerprint density at radius 2 is 1.80 bits per heavy atom. The zero-order valence-corrected chi connectivity index (χ0v) is 16.2. The van der Waals surface area contributed by atoms with Gasteiger partial charge in [-0.1, -0.05) is 12.1 Å². The number of hydrogen-bond donors (Lipinski definition) is 2. The van der Waals surface area contributed by atoms with Crippen molar-refractivity contribution in [3.8, 4) is 0 Å². The van der Waals surface area contributed by atoms with Crippen LogP contribution in [0.2, 0.25) is 0 Å². The molecule has 1 aromatic heterocycles. The number of ether oxygens (including phenoxy) is 1. The van der Waals surface area contributed by atoms with E-state index in [2.05, 4.69) is 20.6 Å². The summed E-state index contributed by atoms with van der Waals surface area (Å²) in [5, 5.41) is 5.55. The molecule has 0 spiro atoms. The van der Waals surface area contributed by atoms with Gasteiger partial charge in [0.05, 0.1) is 17.2 Å². The van der Waals surface area contributed by atoms with Gasteiger partial charge in [0.2, 0.25) is 0 Å². The Morgan fingerprint density at radius 3 is 2.60 bits per heavy atom. The third-order valence-electron chi connectivity index (χ3n) is 5.01. The van der Waals surface area contributed by atoms with Crippen LogP contribution in [0.1, 0.15) is 36.2 Å². The summed E-state index contributed by atoms with van der Waals surface area (Å²) in [6.07, 6.45) is 3.41. The maximum absolute atomic E-state index is 13.0. The molecule has 7 nitrogen and oxygen atoms in total. The van der Waals surface area contributed by atoms with E-state index in [0.29, 0.717) is 17.6 Å². The number of aromatic nitrogens is 2. The van der Waals surface area contributed by atoms with Gasteiger partial charge in [0.1, 0.15) is 17.6 Å². The molecule has 0 aliphatic heterocycles. The monoisotopic (exact) mass is 408 g/mol. The molecule has 3 aromatic rings. The van der Waals surface area contributed by atoms with Crippen LogP contribution in [0.5, 0.6) is 0 Å². The minimum absolute atomic E-state index is 0.122. The Labute approximate surface area is 172 Å². The molecule has 0 unspecified atom stereocenters. The number of halogens is 1. The minimum atomic E-state index is -0.598. The summed E-state index contributed by atoms with van der Waals surface area (Å²) in [6, 6.07) is 12.7. The van der Waals surface area contributed by atoms with Crippen LogP contribution < -0.4 is 10.6 Å². The van der Waals surface area contributed by atoms with Crippen molar-refractivity contribution in [3.63, 3.8) is 0 Å². The van der Waals surface area contributed by atoms with E-state index in [1.54, 1.807) is 0 Å². The van der Waals surface area contributed by atoms with Crippen LogP contribution in [0.25, 0.3) is 11.0 Å². The number of amides is 2. The van der Waals surface area contributed by atoms with Crippen LogP contribution >= 0.6 is 0 Å². The van der Waals surface area contributed by atoms with Gasteiger partial charge in [-0.2, -0.15) is 0 Å². The first-order valence-electron chi connectivity index (χ1n) is 9.83. The lowest BCUT2D eigenvalue weighted by Gasteiger charge is -2.29. The molecular formula is C22H21FN4O3. The van der Waals surface area contributed by atoms with Crippen LogP contribution in [0, 0.1) is 5.82 Å². The Balaban J connectivity index is 1.32. The smallest absolute Gasteiger partial charge is 0.411 e. The normalized spacial score (nSPS) is 18.6. The van der Waals surface area contributed by atoms with E-state index in [-0.39, 0.29) is 29.6 Å². The van der Waals surface area contributed by atoms with Gasteiger partial charge in [0.25, 0.3) is 5.91 Å². The lowest BCUT2D eigenvalue weighted by atomic mass is 9.92. The van der Waals surface area contributed by atoms with Gasteiger partial charge in [-0.15, -0.1) is 0 Å². The van der Waals surface area contributed by atoms with Crippen LogP contribution in [0.4, 0.5) is 14.9 Å². The number of fused-ring (bicyclic) bond motifs is 1. The summed E-state index contributed by atoms with van der Waals surface area (Å²) in [7, 11) is 0. The highest BCUT2D eigenvalue weighted by atomic mass is 19.1. The maximum atomic E-state index is 13.0. The standard InChI is InChI=1S/C22H21FN4O3/c23-14-8-10-15(11-9-14)26-22(29)30-17-5-3-4-16(12-17)25-21(28)20-13-24-18-6-1-2-7-19(18)27-20/h1-2,6-11,13,16-17H,3-5,12H2,(H,25,28)(H,26,29)/t16-,17+/m0/s1. The molecule has 2 N–H and O–H groups in total. The lowest BCUT2D eigenvalue weighted by Crippen LogP contribution is -2.41. The fourth-order valence-electron chi connectivity index (χ4n) is 3.54. The fraction of sp³-hybridized carbons (Fsp3) is 0.273. The Hall–Kier alpha value is -3.55. The highest BCUT2D eigenvalue weighted by molar-refractivity contribution is 5.94. The van der Waals surface area contributed by atoms with Crippen molar-refractivity contribution in [2.45, 2.75) is 37.8 Å². The molecule has 2 atom stereocenters. The van der Waals surface area contributed by atoms with Crippen LogP contribution in [-0.4, -0.2) is 34.1 Å². The minimum Gasteiger partial charge on any atom is -0.446 e. The fourth-order valence-corrected chi connectivity index (χ4v) is 3.54. The molecule has 1 aliphatic rings. The number of nitrogens with zero attached hydrogens (tertiary/aromatic N) is 2. The summed E-state index contributed by atoms with van der Waals surface area (Å²) in [5.74, 6) is -0.675. The van der Waals surface area contributed by atoms with Gasteiger partial charge >= 0.3 is 6.09 Å². The molecule has 0 saturated heterocycles. The molecule has 4 rings (SSSR count). The van der Waals surface area contributed by atoms with Gasteiger partial charge in [-0.25, -0.2) is 14.2 Å². The first-order chi connectivity index (χ1) is 14.6. The van der Waals surface area contributed by atoms with Gasteiger partial charge in [0, 0.05) is 18.2 Å². The van der Waals surface area contributed by atoms with Crippen molar-refractivity contribution in [3.05, 3.63) is 66.2 Å². The summed E-state index contributed by atoms with van der Waals surface area (Å²) < 4.78 is 18.4. The number of hydrogen-bond acceptors (Lipinski definition) is 5. The zero-order chi connectivity index (χ0) is 20.9. The average molecular weight is 408 g/mol. The van der Waals surface area contributed by atoms with E-state index in [0.717, 1.165) is 24.8 Å². The second-order valence-electron chi connectivity index (χ2n) is 7.24. The van der Waals surface area contributed by atoms with Gasteiger partial charge < -0.3 is 10.1 Å². The van der Waals surface area contributed by atoms with Crippen molar-refractivity contribution in [2.75, 3.05) is 5.32 Å². The summed E-state index contributed by atoms with van der Waals surface area (Å²) >= 11 is 0. The molecule has 1 fully saturated rings. The Kier molecular flexibility index (Phi) is 5.83. The molecule has 2 amide bonds. The first kappa shape index (κ1) is 19.8. The number of rotatable bonds is 4. The topological polar surface area (TPSA) is 93.2 Å². The Bertz CT molecular complexity index is 1060. The van der Waals surface area contributed by atoms with E-state index in [1.807, 2.05) is 24.3 Å². The predicted molar refractivity (Wildman–Crippen MR) is 110 cm³/mol. The molecule has 154 valence electrons. The molecular weight excluding hydrogens is 387 g/mol. The number of benzene rings is 2. The van der Waals surface area contributed by atoms with Crippen LogP contribution in [-0.2, 0) is 4.74 Å². The van der Waals surface area contributed by atoms with Crippen LogP contribution in [0.15, 0.2) is 54.7 Å². The van der Waals surface area contributed by atoms with Crippen LogP contribution in [0.3, 0.4) is 0 Å². The van der Waals surface area contributed by atoms with Crippen molar-refractivity contribution < 1.29 is 18.7 Å². The largest absolute Gasteiger partial charge is 0.446 e. The molecule has 1 saturated carbocycles. The predicted octanol–water partition coefficient (Wildman–Crippen LogP) is 4.06. The summed E-state index contributed by atoms with van der Waals surface area (Å²) in [4.78, 5) is 33.3. The second kappa shape index (κ2) is 8.86. The van der Waals surface area contributed by atoms with E-state index < -0.39 is 6.09 Å². The molecule has 30 heavy (non-hydrogen) atoms. The number of para-hydroxylation sites is 2. The molecule has 0 radical (unpaired) electrons. The molecule has 1 aliphatic carbocycles. The molecule has 0 bridgehead atoms. The number of nitrogens with one attached hydrogen (secondary N) is 2. The number of carbonyl (C=O) groups is 2. The molecule has 8 heteroatoms. The van der Waals surface area contributed by atoms with Crippen molar-refractivity contribution in [1.82, 2.24) is 15.3 Å². The van der Waals surface area contributed by atoms with E-state index in [9.17, 15) is 14.0 Å². The van der Waals surface area contributed by atoms with E-state index >= 15 is 0 Å². The average Bonchev–Trinajstić information content (AvgIpc) is 2.75. The number of anilines is 1. The van der Waals surface area contributed by atoms with Crippen molar-refractivity contribution >= 4 is 28.7 Å². The van der Waals surface area contributed by atoms with Gasteiger partial charge in [-0.05, 0) is 55.7 Å². The Morgan fingerprint density at radius 1 is 1.03 bits per heavy atom. The highest BCUT2D eigenvalue weighted by Gasteiger charge is 2.26. The summed E-state index contributed by atoms with van der Waals surface area (Å²) in [6.45, 7) is 0. The highest BCUT2D eigenvalue weighted by Crippen LogP contribution is 2.22. The quantitative estimate of drug-likeness (QED) is 0.679. The van der Waals surface area contributed by atoms with Crippen molar-refractivity contribution in [2.24, 2.45) is 0 Å². The van der Waals surface area contributed by atoms with Gasteiger partial charge in [0.15, 0.2) is 0 Å². The third-order valence-corrected chi connectivity index (χ3v) is 5.01. The third kappa shape index (κ3) is 4.89. The zero-order valence-electron chi connectivity index (χ0n) is 16.2. The van der Waals surface area contributed by atoms with E-state index in [4.69, 9.17) is 4.74 Å². The number of carbonyl (C=O) groups excluding carboxylic acids is 2. The SMILES string of the molecule is O=C(Nc1ccc(F)cc1)O[C@@H]1CCC[C@H](NC(=O)c2cnc3ccccc3n2)C1. The van der Waals surface area contributed by atoms with Crippen molar-refractivity contribution in [1.29, 1.82) is 0 Å². The maximum Gasteiger partial charge on any atom is 0.411 e. The molecule has 1 heterocycles.